The van der Waals surface area contributed by atoms with E-state index in [9.17, 15) is 14.4 Å². The van der Waals surface area contributed by atoms with Crippen LogP contribution in [0.15, 0.2) is 23.4 Å². The third-order valence-electron chi connectivity index (χ3n) is 5.37. The molecular weight excluding hydrogens is 438 g/mol. The van der Waals surface area contributed by atoms with Crippen molar-refractivity contribution in [3.63, 3.8) is 0 Å². The molecule has 0 spiro atoms. The maximum Gasteiger partial charge on any atom is 0.273 e. The van der Waals surface area contributed by atoms with Crippen LogP contribution in [-0.2, 0) is 16.1 Å². The van der Waals surface area contributed by atoms with Crippen molar-refractivity contribution in [2.75, 3.05) is 43.2 Å². The number of rotatable bonds is 10. The van der Waals surface area contributed by atoms with Gasteiger partial charge in [0, 0.05) is 39.9 Å². The minimum atomic E-state index is -0.248. The average Bonchev–Trinajstić information content (AvgIpc) is 3.16. The molecule has 0 radical (unpaired) electrons. The molecule has 0 aliphatic rings. The molecule has 0 aliphatic heterocycles. The topological polar surface area (TPSA) is 78.8 Å². The Morgan fingerprint density at radius 1 is 1.18 bits per heavy atom. The van der Waals surface area contributed by atoms with Gasteiger partial charge in [0.1, 0.15) is 0 Å². The van der Waals surface area contributed by atoms with Gasteiger partial charge in [0.2, 0.25) is 12.3 Å². The predicted molar refractivity (Wildman–Crippen MR) is 134 cm³/mol. The minimum absolute atomic E-state index is 0.0373. The molecule has 33 heavy (non-hydrogen) atoms. The first-order valence-corrected chi connectivity index (χ1v) is 12.1. The molecule has 2 aromatic rings. The largest absolute Gasteiger partial charge is 0.343 e. The van der Waals surface area contributed by atoms with Gasteiger partial charge >= 0.3 is 0 Å². The first kappa shape index (κ1) is 26.4. The number of nitrogens with zero attached hydrogens (tertiary/aromatic N) is 5. The number of anilines is 2. The van der Waals surface area contributed by atoms with E-state index in [2.05, 4.69) is 31.8 Å². The third kappa shape index (κ3) is 5.76. The number of aryl methyl sites for hydroxylation is 1. The molecule has 9 heteroatoms. The maximum absolute atomic E-state index is 13.3. The number of benzene rings is 1. The van der Waals surface area contributed by atoms with Crippen LogP contribution in [0.4, 0.5) is 11.5 Å². The second-order valence-electron chi connectivity index (χ2n) is 8.37. The van der Waals surface area contributed by atoms with E-state index in [-0.39, 0.29) is 29.3 Å². The van der Waals surface area contributed by atoms with Crippen LogP contribution in [0.1, 0.15) is 55.2 Å². The van der Waals surface area contributed by atoms with Crippen molar-refractivity contribution in [3.05, 3.63) is 35.0 Å². The Kier molecular flexibility index (Phi) is 9.10. The summed E-state index contributed by atoms with van der Waals surface area (Å²) >= 11 is 1.27. The fourth-order valence-electron chi connectivity index (χ4n) is 3.61. The molecule has 0 bridgehead atoms. The lowest BCUT2D eigenvalue weighted by molar-refractivity contribution is -0.116. The van der Waals surface area contributed by atoms with Gasteiger partial charge in [-0.25, -0.2) is 4.98 Å². The van der Waals surface area contributed by atoms with Crippen LogP contribution in [0.2, 0.25) is 0 Å². The van der Waals surface area contributed by atoms with Gasteiger partial charge in [-0.2, -0.15) is 0 Å². The van der Waals surface area contributed by atoms with Crippen molar-refractivity contribution < 1.29 is 14.4 Å². The number of aromatic nitrogens is 2. The lowest BCUT2D eigenvalue weighted by Crippen LogP contribution is -2.33. The normalized spacial score (nSPS) is 10.9. The highest BCUT2D eigenvalue weighted by molar-refractivity contribution is 7.99. The van der Waals surface area contributed by atoms with Gasteiger partial charge in [-0.15, -0.1) is 0 Å². The van der Waals surface area contributed by atoms with Gasteiger partial charge in [-0.05, 0) is 38.3 Å². The van der Waals surface area contributed by atoms with Gasteiger partial charge in [0.25, 0.3) is 5.91 Å². The van der Waals surface area contributed by atoms with Crippen molar-refractivity contribution in [1.29, 1.82) is 0 Å². The molecule has 0 fully saturated rings. The highest BCUT2D eigenvalue weighted by atomic mass is 32.2. The molecule has 8 nitrogen and oxygen atoms in total. The van der Waals surface area contributed by atoms with Gasteiger partial charge in [-0.3, -0.25) is 14.4 Å². The number of carbonyl (C=O) groups excluding carboxylic acids is 3. The van der Waals surface area contributed by atoms with E-state index in [1.807, 2.05) is 26.0 Å². The van der Waals surface area contributed by atoms with Gasteiger partial charge in [0.05, 0.1) is 5.75 Å². The van der Waals surface area contributed by atoms with Gasteiger partial charge in [-0.1, -0.05) is 43.3 Å². The van der Waals surface area contributed by atoms with E-state index in [1.54, 1.807) is 30.6 Å². The van der Waals surface area contributed by atoms with E-state index in [4.69, 9.17) is 0 Å². The molecule has 0 atom stereocenters. The van der Waals surface area contributed by atoms with Crippen LogP contribution in [0, 0.1) is 6.92 Å². The Balaban J connectivity index is 2.38. The molecule has 1 aromatic carbocycles. The Labute approximate surface area is 200 Å². The molecular formula is C24H35N5O3S. The van der Waals surface area contributed by atoms with Crippen molar-refractivity contribution >= 4 is 41.5 Å². The minimum Gasteiger partial charge on any atom is -0.343 e. The van der Waals surface area contributed by atoms with Crippen LogP contribution in [0.25, 0.3) is 0 Å². The fourth-order valence-corrected chi connectivity index (χ4v) is 4.55. The van der Waals surface area contributed by atoms with Crippen LogP contribution in [-0.4, -0.2) is 66.1 Å². The van der Waals surface area contributed by atoms with E-state index in [0.717, 1.165) is 16.8 Å². The van der Waals surface area contributed by atoms with Crippen molar-refractivity contribution in [3.8, 4) is 0 Å². The Morgan fingerprint density at radius 2 is 1.85 bits per heavy atom. The van der Waals surface area contributed by atoms with E-state index in [0.29, 0.717) is 30.3 Å². The summed E-state index contributed by atoms with van der Waals surface area (Å²) in [4.78, 5) is 46.6. The summed E-state index contributed by atoms with van der Waals surface area (Å²) in [5.74, 6) is 0.450. The molecule has 0 saturated carbocycles. The molecule has 1 aromatic heterocycles. The lowest BCUT2D eigenvalue weighted by Gasteiger charge is -2.25. The lowest BCUT2D eigenvalue weighted by atomic mass is 9.98. The number of carbonyl (C=O) groups is 3. The second kappa shape index (κ2) is 11.4. The van der Waals surface area contributed by atoms with Crippen LogP contribution >= 0.6 is 11.8 Å². The van der Waals surface area contributed by atoms with Crippen molar-refractivity contribution in [1.82, 2.24) is 14.5 Å². The summed E-state index contributed by atoms with van der Waals surface area (Å²) in [5.41, 5.74) is 3.56. The zero-order valence-electron chi connectivity index (χ0n) is 20.9. The highest BCUT2D eigenvalue weighted by Crippen LogP contribution is 2.31. The van der Waals surface area contributed by atoms with E-state index in [1.165, 1.54) is 21.6 Å². The van der Waals surface area contributed by atoms with Crippen LogP contribution < -0.4 is 9.80 Å². The summed E-state index contributed by atoms with van der Waals surface area (Å²) in [6.45, 7) is 11.2. The molecule has 1 heterocycles. The zero-order chi connectivity index (χ0) is 24.9. The zero-order valence-corrected chi connectivity index (χ0v) is 21.7. The molecule has 0 N–H and O–H groups in total. The van der Waals surface area contributed by atoms with E-state index < -0.39 is 0 Å². The number of hydrogen-bond donors (Lipinski definition) is 0. The second-order valence-corrected chi connectivity index (χ2v) is 9.31. The quantitative estimate of drug-likeness (QED) is 0.388. The van der Waals surface area contributed by atoms with Gasteiger partial charge in [0.15, 0.2) is 16.7 Å². The van der Waals surface area contributed by atoms with E-state index >= 15 is 0 Å². The van der Waals surface area contributed by atoms with Crippen LogP contribution in [0.3, 0.4) is 0 Å². The standard InChI is InChI=1S/C24H35N5O3S/c1-9-28(19-12-11-17(5)13-18(19)16(3)4)20(31)14-33-24-25-22(27(8)15-30)21(29(24)10-2)23(32)26(6)7/h11-13,15-16H,9-10,14H2,1-8H3. The van der Waals surface area contributed by atoms with Crippen molar-refractivity contribution in [2.24, 2.45) is 0 Å². The van der Waals surface area contributed by atoms with Crippen LogP contribution in [0.5, 0.6) is 0 Å². The molecule has 180 valence electrons. The number of imidazole rings is 1. The molecule has 0 aliphatic carbocycles. The number of thioether (sulfide) groups is 1. The fraction of sp³-hybridized carbons (Fsp3) is 0.500. The summed E-state index contributed by atoms with van der Waals surface area (Å²) in [6.07, 6.45) is 0.623. The molecule has 0 saturated heterocycles. The summed E-state index contributed by atoms with van der Waals surface area (Å²) in [6, 6.07) is 6.16. The Morgan fingerprint density at radius 3 is 2.36 bits per heavy atom. The SMILES string of the molecule is CCN(C(=O)CSc1nc(N(C)C=O)c(C(=O)N(C)C)n1CC)c1ccc(C)cc1C(C)C. The predicted octanol–water partition coefficient (Wildman–Crippen LogP) is 3.77. The molecule has 3 amide bonds. The Bertz CT molecular complexity index is 1020. The summed E-state index contributed by atoms with van der Waals surface area (Å²) < 4.78 is 1.76. The number of amides is 3. The smallest absolute Gasteiger partial charge is 0.273 e. The molecule has 2 rings (SSSR count). The maximum atomic E-state index is 13.3. The Hall–Kier alpha value is -2.81. The average molecular weight is 474 g/mol. The first-order valence-electron chi connectivity index (χ1n) is 11.1. The summed E-state index contributed by atoms with van der Waals surface area (Å²) in [5, 5.41) is 0.531. The highest BCUT2D eigenvalue weighted by Gasteiger charge is 2.27. The number of hydrogen-bond acceptors (Lipinski definition) is 5. The first-order chi connectivity index (χ1) is 15.6. The van der Waals surface area contributed by atoms with Crippen molar-refractivity contribution in [2.45, 2.75) is 52.2 Å². The monoisotopic (exact) mass is 473 g/mol. The molecule has 0 unspecified atom stereocenters. The summed E-state index contributed by atoms with van der Waals surface area (Å²) in [7, 11) is 4.87. The van der Waals surface area contributed by atoms with Gasteiger partial charge < -0.3 is 19.3 Å². The third-order valence-corrected chi connectivity index (χ3v) is 6.33.